The molecule has 0 saturated carbocycles. The lowest BCUT2D eigenvalue weighted by molar-refractivity contribution is 0.0780. The molecule has 0 aliphatic rings. The van der Waals surface area contributed by atoms with Crippen LogP contribution >= 0.6 is 27.3 Å². The molecule has 88 valence electrons. The summed E-state index contributed by atoms with van der Waals surface area (Å²) < 4.78 is 0.870. The number of halogens is 1. The molecule has 5 heteroatoms. The van der Waals surface area contributed by atoms with Gasteiger partial charge in [-0.3, -0.25) is 4.79 Å². The van der Waals surface area contributed by atoms with E-state index in [0.717, 1.165) is 9.35 Å². The minimum atomic E-state index is -0.0640. The zero-order valence-corrected chi connectivity index (χ0v) is 11.7. The molecule has 0 radical (unpaired) electrons. The summed E-state index contributed by atoms with van der Waals surface area (Å²) in [5.74, 6) is -0.0640. The van der Waals surface area contributed by atoms with Crippen molar-refractivity contribution in [2.75, 3.05) is 7.05 Å². The second-order valence-electron chi connectivity index (χ2n) is 3.60. The minimum absolute atomic E-state index is 0.0640. The second kappa shape index (κ2) is 5.42. The Morgan fingerprint density at radius 2 is 2.29 bits per heavy atom. The van der Waals surface area contributed by atoms with Crippen molar-refractivity contribution in [1.82, 2.24) is 9.88 Å². The summed E-state index contributed by atoms with van der Waals surface area (Å²) >= 11 is 4.94. The third-order valence-corrected chi connectivity index (χ3v) is 3.60. The quantitative estimate of drug-likeness (QED) is 0.872. The van der Waals surface area contributed by atoms with Crippen molar-refractivity contribution in [3.8, 4) is 0 Å². The van der Waals surface area contributed by atoms with Crippen LogP contribution in [0.25, 0.3) is 0 Å². The van der Waals surface area contributed by atoms with Crippen molar-refractivity contribution in [1.29, 1.82) is 0 Å². The maximum absolute atomic E-state index is 12.0. The van der Waals surface area contributed by atoms with Crippen molar-refractivity contribution in [3.05, 3.63) is 50.9 Å². The molecule has 2 rings (SSSR count). The molecule has 0 aliphatic carbocycles. The van der Waals surface area contributed by atoms with Gasteiger partial charge in [-0.25, -0.2) is 4.98 Å². The highest BCUT2D eigenvalue weighted by atomic mass is 79.9. The monoisotopic (exact) mass is 310 g/mol. The number of amides is 1. The van der Waals surface area contributed by atoms with E-state index in [-0.39, 0.29) is 5.91 Å². The Labute approximate surface area is 112 Å². The summed E-state index contributed by atoms with van der Waals surface area (Å²) in [7, 11) is 1.78. The minimum Gasteiger partial charge on any atom is -0.335 e. The third kappa shape index (κ3) is 3.14. The van der Waals surface area contributed by atoms with E-state index in [1.165, 1.54) is 0 Å². The Morgan fingerprint density at radius 1 is 1.47 bits per heavy atom. The van der Waals surface area contributed by atoms with Crippen molar-refractivity contribution in [2.45, 2.75) is 6.54 Å². The molecule has 0 atom stereocenters. The number of nitrogens with zero attached hydrogens (tertiary/aromatic N) is 2. The standard InChI is InChI=1S/C12H11BrN2OS/c1-15(8-10-3-2-6-17-10)12(16)11-5-4-9(13)7-14-11/h2-7H,8H2,1H3. The van der Waals surface area contributed by atoms with E-state index >= 15 is 0 Å². The Kier molecular flexibility index (Phi) is 3.91. The van der Waals surface area contributed by atoms with Crippen LogP contribution < -0.4 is 0 Å². The van der Waals surface area contributed by atoms with Gasteiger partial charge in [-0.15, -0.1) is 11.3 Å². The molecule has 0 saturated heterocycles. The molecule has 0 fully saturated rings. The van der Waals surface area contributed by atoms with Gasteiger partial charge in [-0.1, -0.05) is 6.07 Å². The van der Waals surface area contributed by atoms with Crippen LogP contribution in [0.5, 0.6) is 0 Å². The fraction of sp³-hybridized carbons (Fsp3) is 0.167. The average Bonchev–Trinajstić information content (AvgIpc) is 2.82. The molecular formula is C12H11BrN2OS. The van der Waals surface area contributed by atoms with E-state index in [9.17, 15) is 4.79 Å². The Hall–Kier alpha value is -1.20. The molecule has 0 spiro atoms. The number of carbonyl (C=O) groups is 1. The molecule has 1 amide bonds. The summed E-state index contributed by atoms with van der Waals surface area (Å²) in [6.07, 6.45) is 1.63. The van der Waals surface area contributed by atoms with Crippen LogP contribution in [-0.4, -0.2) is 22.8 Å². The van der Waals surface area contributed by atoms with Crippen LogP contribution in [-0.2, 0) is 6.54 Å². The van der Waals surface area contributed by atoms with Gasteiger partial charge in [0.2, 0.25) is 0 Å². The summed E-state index contributed by atoms with van der Waals surface area (Å²) in [6, 6.07) is 7.54. The molecular weight excluding hydrogens is 300 g/mol. The molecule has 2 heterocycles. The number of thiophene rings is 1. The van der Waals surface area contributed by atoms with Gasteiger partial charge in [-0.2, -0.15) is 0 Å². The Bertz CT molecular complexity index is 496. The Morgan fingerprint density at radius 3 is 2.88 bits per heavy atom. The molecule has 0 aromatic carbocycles. The highest BCUT2D eigenvalue weighted by Crippen LogP contribution is 2.13. The van der Waals surface area contributed by atoms with E-state index in [1.807, 2.05) is 23.6 Å². The van der Waals surface area contributed by atoms with Crippen LogP contribution in [0.1, 0.15) is 15.4 Å². The zero-order chi connectivity index (χ0) is 12.3. The smallest absolute Gasteiger partial charge is 0.272 e. The average molecular weight is 311 g/mol. The maximum atomic E-state index is 12.0. The third-order valence-electron chi connectivity index (χ3n) is 2.27. The summed E-state index contributed by atoms with van der Waals surface area (Å²) in [4.78, 5) is 19.0. The fourth-order valence-corrected chi connectivity index (χ4v) is 2.40. The highest BCUT2D eigenvalue weighted by Gasteiger charge is 2.13. The summed E-state index contributed by atoms with van der Waals surface area (Å²) in [6.45, 7) is 0.619. The van der Waals surface area contributed by atoms with Crippen LogP contribution in [0.2, 0.25) is 0 Å². The van der Waals surface area contributed by atoms with E-state index in [0.29, 0.717) is 12.2 Å². The molecule has 17 heavy (non-hydrogen) atoms. The van der Waals surface area contributed by atoms with Gasteiger partial charge in [0.25, 0.3) is 5.91 Å². The van der Waals surface area contributed by atoms with Gasteiger partial charge in [-0.05, 0) is 39.5 Å². The highest BCUT2D eigenvalue weighted by molar-refractivity contribution is 9.10. The number of hydrogen-bond acceptors (Lipinski definition) is 3. The normalized spacial score (nSPS) is 10.2. The van der Waals surface area contributed by atoms with Gasteiger partial charge in [0, 0.05) is 22.6 Å². The predicted octanol–water partition coefficient (Wildman–Crippen LogP) is 3.18. The van der Waals surface area contributed by atoms with Crippen molar-refractivity contribution in [3.63, 3.8) is 0 Å². The Balaban J connectivity index is 2.07. The molecule has 0 unspecified atom stereocenters. The maximum Gasteiger partial charge on any atom is 0.272 e. The largest absolute Gasteiger partial charge is 0.335 e. The van der Waals surface area contributed by atoms with Gasteiger partial charge >= 0.3 is 0 Å². The predicted molar refractivity (Wildman–Crippen MR) is 72.1 cm³/mol. The molecule has 3 nitrogen and oxygen atoms in total. The first-order chi connectivity index (χ1) is 8.16. The number of hydrogen-bond donors (Lipinski definition) is 0. The van der Waals surface area contributed by atoms with Gasteiger partial charge in [0.15, 0.2) is 0 Å². The van der Waals surface area contributed by atoms with Gasteiger partial charge in [0.05, 0.1) is 6.54 Å². The van der Waals surface area contributed by atoms with E-state index in [1.54, 1.807) is 35.5 Å². The van der Waals surface area contributed by atoms with Gasteiger partial charge in [0.1, 0.15) is 5.69 Å². The zero-order valence-electron chi connectivity index (χ0n) is 9.26. The van der Waals surface area contributed by atoms with Crippen molar-refractivity contribution >= 4 is 33.2 Å². The topological polar surface area (TPSA) is 33.2 Å². The molecule has 2 aromatic rings. The van der Waals surface area contributed by atoms with Gasteiger partial charge < -0.3 is 4.90 Å². The van der Waals surface area contributed by atoms with E-state index < -0.39 is 0 Å². The number of pyridine rings is 1. The number of rotatable bonds is 3. The molecule has 2 aromatic heterocycles. The van der Waals surface area contributed by atoms with Crippen molar-refractivity contribution in [2.24, 2.45) is 0 Å². The number of carbonyl (C=O) groups excluding carboxylic acids is 1. The van der Waals surface area contributed by atoms with E-state index in [2.05, 4.69) is 20.9 Å². The lowest BCUT2D eigenvalue weighted by Gasteiger charge is -2.15. The SMILES string of the molecule is CN(Cc1cccs1)C(=O)c1ccc(Br)cn1. The van der Waals surface area contributed by atoms with Crippen LogP contribution in [0.15, 0.2) is 40.3 Å². The fourth-order valence-electron chi connectivity index (χ4n) is 1.41. The molecule has 0 N–H and O–H groups in total. The van der Waals surface area contributed by atoms with Crippen LogP contribution in [0, 0.1) is 0 Å². The van der Waals surface area contributed by atoms with E-state index in [4.69, 9.17) is 0 Å². The van der Waals surface area contributed by atoms with Crippen LogP contribution in [0.4, 0.5) is 0 Å². The van der Waals surface area contributed by atoms with Crippen molar-refractivity contribution < 1.29 is 4.79 Å². The summed E-state index contributed by atoms with van der Waals surface area (Å²) in [5.41, 5.74) is 0.465. The van der Waals surface area contributed by atoms with Crippen LogP contribution in [0.3, 0.4) is 0 Å². The lowest BCUT2D eigenvalue weighted by Crippen LogP contribution is -2.26. The first-order valence-corrected chi connectivity index (χ1v) is 6.73. The molecule has 0 bridgehead atoms. The lowest BCUT2D eigenvalue weighted by atomic mass is 10.3. The summed E-state index contributed by atoms with van der Waals surface area (Å²) in [5, 5.41) is 2.01. The second-order valence-corrected chi connectivity index (χ2v) is 5.55. The first kappa shape index (κ1) is 12.3. The first-order valence-electron chi connectivity index (χ1n) is 5.06. The molecule has 0 aliphatic heterocycles. The number of aromatic nitrogens is 1.